The molecular formula is C20H16Cl2N2O4. The standard InChI is InChI=1S/C20H16Cl2N2O4/c1-3-28-20(27)14-9-23-18-13(7-12(21)8-15(18)22)17(14)24-16-6-11(19(25)26)5-4-10(16)2/h4-9H,3H2,1-2H3,(H,23,24)(H,25,26). The van der Waals surface area contributed by atoms with Gasteiger partial charge < -0.3 is 15.2 Å². The molecule has 0 saturated heterocycles. The van der Waals surface area contributed by atoms with E-state index in [0.29, 0.717) is 32.3 Å². The molecule has 0 radical (unpaired) electrons. The van der Waals surface area contributed by atoms with Crippen LogP contribution in [0.25, 0.3) is 10.9 Å². The number of nitrogens with zero attached hydrogens (tertiary/aromatic N) is 1. The molecule has 1 heterocycles. The number of hydrogen-bond acceptors (Lipinski definition) is 5. The molecule has 0 aliphatic carbocycles. The lowest BCUT2D eigenvalue weighted by Crippen LogP contribution is -2.10. The van der Waals surface area contributed by atoms with Crippen molar-refractivity contribution in [3.8, 4) is 0 Å². The zero-order chi connectivity index (χ0) is 20.4. The van der Waals surface area contributed by atoms with Gasteiger partial charge in [0, 0.05) is 22.3 Å². The van der Waals surface area contributed by atoms with E-state index in [2.05, 4.69) is 10.3 Å². The van der Waals surface area contributed by atoms with Crippen LogP contribution in [0.1, 0.15) is 33.2 Å². The highest BCUT2D eigenvalue weighted by Gasteiger charge is 2.19. The van der Waals surface area contributed by atoms with Gasteiger partial charge in [0.05, 0.1) is 28.4 Å². The number of carboxylic acid groups (broad SMARTS) is 1. The fraction of sp³-hybridized carbons (Fsp3) is 0.150. The van der Waals surface area contributed by atoms with Crippen molar-refractivity contribution in [1.29, 1.82) is 0 Å². The number of rotatable bonds is 5. The molecule has 2 aromatic carbocycles. The Hall–Kier alpha value is -2.83. The molecule has 0 aliphatic heterocycles. The molecule has 3 aromatic rings. The van der Waals surface area contributed by atoms with Gasteiger partial charge in [0.15, 0.2) is 0 Å². The third kappa shape index (κ3) is 3.88. The van der Waals surface area contributed by atoms with Gasteiger partial charge in [-0.05, 0) is 43.7 Å². The van der Waals surface area contributed by atoms with Crippen molar-refractivity contribution in [1.82, 2.24) is 4.98 Å². The van der Waals surface area contributed by atoms with E-state index in [4.69, 9.17) is 27.9 Å². The number of hydrogen-bond donors (Lipinski definition) is 2. The fourth-order valence-corrected chi connectivity index (χ4v) is 3.29. The normalized spacial score (nSPS) is 10.7. The topological polar surface area (TPSA) is 88.5 Å². The van der Waals surface area contributed by atoms with Crippen LogP contribution in [0, 0.1) is 6.92 Å². The van der Waals surface area contributed by atoms with Crippen LogP contribution < -0.4 is 5.32 Å². The predicted octanol–water partition coefficient (Wildman–Crippen LogP) is 5.47. The summed E-state index contributed by atoms with van der Waals surface area (Å²) >= 11 is 12.4. The number of aromatic carboxylic acids is 1. The van der Waals surface area contributed by atoms with Crippen molar-refractivity contribution < 1.29 is 19.4 Å². The molecule has 0 unspecified atom stereocenters. The van der Waals surface area contributed by atoms with E-state index >= 15 is 0 Å². The molecule has 1 aromatic heterocycles. The largest absolute Gasteiger partial charge is 0.478 e. The number of benzene rings is 2. The van der Waals surface area contributed by atoms with Crippen LogP contribution in [0.3, 0.4) is 0 Å². The second-order valence-corrected chi connectivity index (χ2v) is 6.85. The van der Waals surface area contributed by atoms with Gasteiger partial charge in [-0.15, -0.1) is 0 Å². The van der Waals surface area contributed by atoms with Crippen molar-refractivity contribution >= 4 is 57.4 Å². The third-order valence-electron chi connectivity index (χ3n) is 4.13. The van der Waals surface area contributed by atoms with E-state index in [1.807, 2.05) is 6.92 Å². The zero-order valence-electron chi connectivity index (χ0n) is 15.0. The summed E-state index contributed by atoms with van der Waals surface area (Å²) in [7, 11) is 0. The van der Waals surface area contributed by atoms with Crippen LogP contribution in [-0.4, -0.2) is 28.6 Å². The van der Waals surface area contributed by atoms with Crippen LogP contribution in [0.2, 0.25) is 10.0 Å². The summed E-state index contributed by atoms with van der Waals surface area (Å²) < 4.78 is 5.13. The quantitative estimate of drug-likeness (QED) is 0.534. The Labute approximate surface area is 171 Å². The molecule has 0 spiro atoms. The minimum Gasteiger partial charge on any atom is -0.478 e. The maximum Gasteiger partial charge on any atom is 0.341 e. The first kappa shape index (κ1) is 19.9. The average Bonchev–Trinajstić information content (AvgIpc) is 2.63. The van der Waals surface area contributed by atoms with E-state index in [0.717, 1.165) is 5.56 Å². The second kappa shape index (κ2) is 8.04. The minimum atomic E-state index is -1.06. The van der Waals surface area contributed by atoms with Gasteiger partial charge in [0.25, 0.3) is 0 Å². The SMILES string of the molecule is CCOC(=O)c1cnc2c(Cl)cc(Cl)cc2c1Nc1cc(C(=O)O)ccc1C. The van der Waals surface area contributed by atoms with E-state index in [1.54, 1.807) is 25.1 Å². The predicted molar refractivity (Wildman–Crippen MR) is 109 cm³/mol. The van der Waals surface area contributed by atoms with Crippen molar-refractivity contribution in [2.75, 3.05) is 11.9 Å². The summed E-state index contributed by atoms with van der Waals surface area (Å²) in [5.41, 5.74) is 2.45. The van der Waals surface area contributed by atoms with Crippen LogP contribution >= 0.6 is 23.2 Å². The molecule has 28 heavy (non-hydrogen) atoms. The van der Waals surface area contributed by atoms with Gasteiger partial charge >= 0.3 is 11.9 Å². The molecule has 144 valence electrons. The lowest BCUT2D eigenvalue weighted by Gasteiger charge is -2.16. The fourth-order valence-electron chi connectivity index (χ4n) is 2.75. The molecular weight excluding hydrogens is 403 g/mol. The molecule has 0 amide bonds. The Balaban J connectivity index is 2.25. The number of halogens is 2. The Bertz CT molecular complexity index is 1100. The number of fused-ring (bicyclic) bond motifs is 1. The molecule has 2 N–H and O–H groups in total. The highest BCUT2D eigenvalue weighted by molar-refractivity contribution is 6.38. The molecule has 0 atom stereocenters. The molecule has 6 nitrogen and oxygen atoms in total. The lowest BCUT2D eigenvalue weighted by molar-refractivity contribution is 0.0526. The first-order valence-corrected chi connectivity index (χ1v) is 9.13. The van der Waals surface area contributed by atoms with Crippen LogP contribution in [0.4, 0.5) is 11.4 Å². The Morgan fingerprint density at radius 3 is 2.64 bits per heavy atom. The molecule has 0 bridgehead atoms. The molecule has 3 rings (SSSR count). The first-order chi connectivity index (χ1) is 13.3. The number of anilines is 2. The minimum absolute atomic E-state index is 0.111. The Morgan fingerprint density at radius 1 is 1.21 bits per heavy atom. The van der Waals surface area contributed by atoms with Crippen LogP contribution in [0.15, 0.2) is 36.5 Å². The third-order valence-corrected chi connectivity index (χ3v) is 4.64. The van der Waals surface area contributed by atoms with Crippen molar-refractivity contribution in [2.45, 2.75) is 13.8 Å². The van der Waals surface area contributed by atoms with E-state index in [1.165, 1.54) is 18.3 Å². The number of aromatic nitrogens is 1. The van der Waals surface area contributed by atoms with Gasteiger partial charge in [0.2, 0.25) is 0 Å². The average molecular weight is 419 g/mol. The summed E-state index contributed by atoms with van der Waals surface area (Å²) in [6.07, 6.45) is 1.37. The summed E-state index contributed by atoms with van der Waals surface area (Å²) in [4.78, 5) is 28.1. The van der Waals surface area contributed by atoms with Gasteiger partial charge in [-0.3, -0.25) is 4.98 Å². The van der Waals surface area contributed by atoms with Gasteiger partial charge in [-0.1, -0.05) is 29.3 Å². The number of carbonyl (C=O) groups excluding carboxylic acids is 1. The second-order valence-electron chi connectivity index (χ2n) is 6.01. The van der Waals surface area contributed by atoms with E-state index in [9.17, 15) is 14.7 Å². The summed E-state index contributed by atoms with van der Waals surface area (Å²) in [6.45, 7) is 3.72. The maximum absolute atomic E-state index is 12.5. The molecule has 0 aliphatic rings. The Morgan fingerprint density at radius 2 is 1.96 bits per heavy atom. The van der Waals surface area contributed by atoms with Gasteiger partial charge in [-0.25, -0.2) is 9.59 Å². The van der Waals surface area contributed by atoms with E-state index < -0.39 is 11.9 Å². The molecule has 0 fully saturated rings. The summed E-state index contributed by atoms with van der Waals surface area (Å²) in [5, 5.41) is 13.6. The van der Waals surface area contributed by atoms with Crippen LogP contribution in [0.5, 0.6) is 0 Å². The highest BCUT2D eigenvalue weighted by atomic mass is 35.5. The number of esters is 1. The molecule has 8 heteroatoms. The number of carboxylic acids is 1. The smallest absolute Gasteiger partial charge is 0.341 e. The number of pyridine rings is 1. The van der Waals surface area contributed by atoms with Crippen molar-refractivity contribution in [3.63, 3.8) is 0 Å². The van der Waals surface area contributed by atoms with Gasteiger partial charge in [-0.2, -0.15) is 0 Å². The van der Waals surface area contributed by atoms with E-state index in [-0.39, 0.29) is 17.7 Å². The number of nitrogens with one attached hydrogen (secondary N) is 1. The maximum atomic E-state index is 12.5. The van der Waals surface area contributed by atoms with Gasteiger partial charge in [0.1, 0.15) is 5.56 Å². The molecule has 0 saturated carbocycles. The van der Waals surface area contributed by atoms with Crippen molar-refractivity contribution in [3.05, 3.63) is 63.3 Å². The summed E-state index contributed by atoms with van der Waals surface area (Å²) in [6, 6.07) is 7.87. The number of ether oxygens (including phenoxy) is 1. The zero-order valence-corrected chi connectivity index (χ0v) is 16.6. The Kier molecular flexibility index (Phi) is 5.72. The summed E-state index contributed by atoms with van der Waals surface area (Å²) in [5.74, 6) is -1.62. The monoisotopic (exact) mass is 418 g/mol. The highest BCUT2D eigenvalue weighted by Crippen LogP contribution is 2.36. The number of carbonyl (C=O) groups is 2. The first-order valence-electron chi connectivity index (χ1n) is 8.37. The number of aryl methyl sites for hydroxylation is 1. The van der Waals surface area contributed by atoms with Crippen LogP contribution in [-0.2, 0) is 4.74 Å². The van der Waals surface area contributed by atoms with Crippen molar-refractivity contribution in [2.24, 2.45) is 0 Å². The lowest BCUT2D eigenvalue weighted by atomic mass is 10.1.